The number of carbonyl (C=O) groups excluding carboxylic acids is 2. The van der Waals surface area contributed by atoms with E-state index in [-0.39, 0.29) is 11.7 Å². The molecule has 0 bridgehead atoms. The fraction of sp³-hybridized carbons (Fsp3) is 0.318. The van der Waals surface area contributed by atoms with E-state index < -0.39 is 24.5 Å². The molecule has 0 fully saturated rings. The summed E-state index contributed by atoms with van der Waals surface area (Å²) in [4.78, 5) is 24.0. The monoisotopic (exact) mass is 427 g/mol. The van der Waals surface area contributed by atoms with Crippen LogP contribution >= 0.6 is 0 Å². The van der Waals surface area contributed by atoms with Crippen LogP contribution in [0.15, 0.2) is 41.5 Å². The summed E-state index contributed by atoms with van der Waals surface area (Å²) in [5, 5.41) is 8.94. The van der Waals surface area contributed by atoms with Gasteiger partial charge in [0.05, 0.1) is 20.3 Å². The second-order valence-corrected chi connectivity index (χ2v) is 7.30. The Kier molecular flexibility index (Phi) is 5.50. The van der Waals surface area contributed by atoms with Crippen molar-refractivity contribution in [1.82, 2.24) is 5.01 Å². The minimum Gasteiger partial charge on any atom is -0.493 e. The van der Waals surface area contributed by atoms with Gasteiger partial charge in [0.1, 0.15) is 11.7 Å². The van der Waals surface area contributed by atoms with Gasteiger partial charge in [-0.25, -0.2) is 9.40 Å². The zero-order chi connectivity index (χ0) is 22.1. The van der Waals surface area contributed by atoms with Crippen LogP contribution in [-0.4, -0.2) is 43.5 Å². The number of ether oxygens (including phenoxy) is 3. The number of anilines is 1. The number of carbonyl (C=O) groups is 2. The molecule has 0 saturated heterocycles. The molecule has 2 aromatic carbocycles. The lowest BCUT2D eigenvalue weighted by Crippen LogP contribution is -2.32. The number of benzene rings is 2. The average Bonchev–Trinajstić information content (AvgIpc) is 3.28. The largest absolute Gasteiger partial charge is 0.493 e. The molecule has 2 atom stereocenters. The molecule has 8 nitrogen and oxygen atoms in total. The highest BCUT2D eigenvalue weighted by Crippen LogP contribution is 2.48. The summed E-state index contributed by atoms with van der Waals surface area (Å²) in [5.41, 5.74) is 2.39. The van der Waals surface area contributed by atoms with Gasteiger partial charge in [0.2, 0.25) is 0 Å². The van der Waals surface area contributed by atoms with Crippen molar-refractivity contribution in [2.75, 3.05) is 26.1 Å². The summed E-state index contributed by atoms with van der Waals surface area (Å²) in [6.07, 6.45) is 0.596. The van der Waals surface area contributed by atoms with Crippen LogP contribution in [0.3, 0.4) is 0 Å². The van der Waals surface area contributed by atoms with Crippen LogP contribution in [0.2, 0.25) is 0 Å². The van der Waals surface area contributed by atoms with Crippen molar-refractivity contribution in [2.45, 2.75) is 19.4 Å². The topological polar surface area (TPSA) is 89.5 Å². The molecule has 1 amide bonds. The number of rotatable bonds is 5. The van der Waals surface area contributed by atoms with Gasteiger partial charge in [-0.15, -0.1) is 0 Å². The molecule has 0 saturated carbocycles. The summed E-state index contributed by atoms with van der Waals surface area (Å²) >= 11 is 0. The number of methoxy groups -OCH3 is 2. The Bertz CT molecular complexity index is 1070. The fourth-order valence-electron chi connectivity index (χ4n) is 4.03. The van der Waals surface area contributed by atoms with E-state index in [4.69, 9.17) is 14.2 Å². The summed E-state index contributed by atoms with van der Waals surface area (Å²) in [6, 6.07) is 9.34. The van der Waals surface area contributed by atoms with Crippen LogP contribution in [0.4, 0.5) is 10.1 Å². The summed E-state index contributed by atoms with van der Waals surface area (Å²) in [5.74, 6) is 0.0918. The molecule has 0 aromatic heterocycles. The maximum atomic E-state index is 13.7. The number of hydrogen-bond donors (Lipinski definition) is 1. The first-order valence-corrected chi connectivity index (χ1v) is 9.72. The maximum Gasteiger partial charge on any atom is 0.303 e. The molecule has 2 aromatic rings. The zero-order valence-corrected chi connectivity index (χ0v) is 17.3. The molecule has 0 radical (unpaired) electrons. The number of hydrogen-bond acceptors (Lipinski definition) is 7. The predicted octanol–water partition coefficient (Wildman–Crippen LogP) is 2.89. The van der Waals surface area contributed by atoms with Gasteiger partial charge in [-0.05, 0) is 47.9 Å². The van der Waals surface area contributed by atoms with Gasteiger partial charge in [-0.1, -0.05) is 6.07 Å². The molecule has 1 N–H and O–H groups in total. The van der Waals surface area contributed by atoms with Gasteiger partial charge in [0, 0.05) is 18.5 Å². The Hall–Kier alpha value is -3.62. The first-order chi connectivity index (χ1) is 14.9. The first kappa shape index (κ1) is 20.6. The molecule has 31 heavy (non-hydrogen) atoms. The molecule has 1 aliphatic heterocycles. The van der Waals surface area contributed by atoms with E-state index in [1.165, 1.54) is 24.1 Å². The fourth-order valence-corrected chi connectivity index (χ4v) is 4.03. The van der Waals surface area contributed by atoms with Gasteiger partial charge in [0.15, 0.2) is 18.1 Å². The molecule has 2 unspecified atom stereocenters. The van der Waals surface area contributed by atoms with Gasteiger partial charge < -0.3 is 19.5 Å². The third-order valence-corrected chi connectivity index (χ3v) is 5.37. The molecule has 2 aliphatic rings. The highest BCUT2D eigenvalue weighted by molar-refractivity contribution is 6.01. The quantitative estimate of drug-likeness (QED) is 0.738. The molecule has 1 heterocycles. The van der Waals surface area contributed by atoms with Crippen molar-refractivity contribution in [3.63, 3.8) is 0 Å². The Labute approximate surface area is 178 Å². The third kappa shape index (κ3) is 3.90. The second kappa shape index (κ2) is 8.25. The van der Waals surface area contributed by atoms with Gasteiger partial charge in [0.25, 0.3) is 5.91 Å². The highest BCUT2D eigenvalue weighted by Gasteiger charge is 2.47. The number of nitrogens with one attached hydrogen (secondary N) is 1. The number of fused-ring (bicyclic) bond motifs is 3. The summed E-state index contributed by atoms with van der Waals surface area (Å²) < 4.78 is 29.4. The molecule has 9 heteroatoms. The van der Waals surface area contributed by atoms with Crippen molar-refractivity contribution >= 4 is 23.4 Å². The number of hydrazone groups is 1. The van der Waals surface area contributed by atoms with E-state index >= 15 is 0 Å². The maximum absolute atomic E-state index is 13.7. The van der Waals surface area contributed by atoms with Crippen LogP contribution < -0.4 is 14.8 Å². The Morgan fingerprint density at radius 3 is 2.61 bits per heavy atom. The second-order valence-electron chi connectivity index (χ2n) is 7.30. The minimum absolute atomic E-state index is 0.184. The normalized spacial score (nSPS) is 18.7. The van der Waals surface area contributed by atoms with Gasteiger partial charge in [-0.2, -0.15) is 5.10 Å². The molecule has 4 rings (SSSR count). The smallest absolute Gasteiger partial charge is 0.303 e. The third-order valence-electron chi connectivity index (χ3n) is 5.37. The Morgan fingerprint density at radius 1 is 1.19 bits per heavy atom. The van der Waals surface area contributed by atoms with Crippen LogP contribution in [0, 0.1) is 11.7 Å². The number of halogens is 1. The lowest BCUT2D eigenvalue weighted by Gasteiger charge is -2.22. The predicted molar refractivity (Wildman–Crippen MR) is 110 cm³/mol. The molecule has 1 aliphatic carbocycles. The van der Waals surface area contributed by atoms with E-state index in [0.717, 1.165) is 11.1 Å². The van der Waals surface area contributed by atoms with Gasteiger partial charge in [-0.3, -0.25) is 9.59 Å². The SMILES string of the molecule is COc1cc2c(cc1OC)C1C(C2)C(Nc2cccc(F)c2)=NN1C(=O)COC(C)=O. The van der Waals surface area contributed by atoms with Crippen LogP contribution in [0.25, 0.3) is 0 Å². The van der Waals surface area contributed by atoms with Crippen molar-refractivity contribution in [2.24, 2.45) is 11.0 Å². The average molecular weight is 427 g/mol. The Morgan fingerprint density at radius 2 is 1.94 bits per heavy atom. The molecular weight excluding hydrogens is 405 g/mol. The van der Waals surface area contributed by atoms with Crippen molar-refractivity contribution in [3.05, 3.63) is 53.3 Å². The lowest BCUT2D eigenvalue weighted by molar-refractivity contribution is -0.151. The van der Waals surface area contributed by atoms with E-state index in [0.29, 0.717) is 29.4 Å². The summed E-state index contributed by atoms with van der Waals surface area (Å²) in [6.45, 7) is 0.820. The minimum atomic E-state index is -0.551. The first-order valence-electron chi connectivity index (χ1n) is 9.72. The molecule has 0 spiro atoms. The van der Waals surface area contributed by atoms with E-state index in [1.807, 2.05) is 12.1 Å². The zero-order valence-electron chi connectivity index (χ0n) is 17.3. The number of amides is 1. The Balaban J connectivity index is 1.70. The van der Waals surface area contributed by atoms with E-state index in [2.05, 4.69) is 10.4 Å². The van der Waals surface area contributed by atoms with E-state index in [9.17, 15) is 14.0 Å². The highest BCUT2D eigenvalue weighted by atomic mass is 19.1. The molecule has 162 valence electrons. The van der Waals surface area contributed by atoms with Crippen molar-refractivity contribution in [1.29, 1.82) is 0 Å². The van der Waals surface area contributed by atoms with Crippen LogP contribution in [0.5, 0.6) is 11.5 Å². The number of nitrogens with zero attached hydrogens (tertiary/aromatic N) is 2. The summed E-state index contributed by atoms with van der Waals surface area (Å²) in [7, 11) is 3.11. The number of esters is 1. The number of amidine groups is 1. The van der Waals surface area contributed by atoms with E-state index in [1.54, 1.807) is 26.4 Å². The molecular formula is C22H22FN3O5. The lowest BCUT2D eigenvalue weighted by atomic mass is 10.00. The van der Waals surface area contributed by atoms with Crippen LogP contribution in [-0.2, 0) is 20.7 Å². The standard InChI is InChI=1S/C22H22FN3O5/c1-12(27)31-11-20(28)26-21-16-10-19(30-3)18(29-2)8-13(16)7-17(21)22(25-26)24-15-6-4-5-14(23)9-15/h4-6,8-10,17,21H,7,11H2,1-3H3,(H,24,25). The van der Waals surface area contributed by atoms with Gasteiger partial charge >= 0.3 is 5.97 Å². The van der Waals surface area contributed by atoms with Crippen molar-refractivity contribution < 1.29 is 28.2 Å². The van der Waals surface area contributed by atoms with Crippen molar-refractivity contribution in [3.8, 4) is 11.5 Å². The van der Waals surface area contributed by atoms with Crippen LogP contribution in [0.1, 0.15) is 24.1 Å².